The van der Waals surface area contributed by atoms with Gasteiger partial charge in [-0.05, 0) is 54.7 Å². The zero-order chi connectivity index (χ0) is 21.0. The minimum atomic E-state index is -0.605. The summed E-state index contributed by atoms with van der Waals surface area (Å²) in [5.41, 5.74) is 4.75. The van der Waals surface area contributed by atoms with Gasteiger partial charge in [-0.3, -0.25) is 0 Å². The molecule has 1 heterocycles. The number of aromatic amines is 1. The van der Waals surface area contributed by atoms with Crippen LogP contribution >= 0.6 is 11.6 Å². The zero-order valence-electron chi connectivity index (χ0n) is 16.9. The molecule has 0 unspecified atom stereocenters. The van der Waals surface area contributed by atoms with Gasteiger partial charge in [-0.25, -0.2) is 4.79 Å². The SMILES string of the molecule is CCOC(=O)c1cc2cc(CCC(Cl)(c3ccccc3)c3ccccc3)ccc2[nH]1. The van der Waals surface area contributed by atoms with E-state index in [0.717, 1.165) is 34.9 Å². The lowest BCUT2D eigenvalue weighted by Gasteiger charge is -2.28. The summed E-state index contributed by atoms with van der Waals surface area (Å²) in [6.45, 7) is 2.16. The van der Waals surface area contributed by atoms with Crippen LogP contribution in [0.25, 0.3) is 10.9 Å². The highest BCUT2D eigenvalue weighted by Gasteiger charge is 2.31. The lowest BCUT2D eigenvalue weighted by Crippen LogP contribution is -2.21. The molecule has 0 aliphatic carbocycles. The molecule has 3 nitrogen and oxygen atoms in total. The largest absolute Gasteiger partial charge is 0.461 e. The Labute approximate surface area is 181 Å². The third-order valence-electron chi connectivity index (χ3n) is 5.40. The van der Waals surface area contributed by atoms with E-state index in [2.05, 4.69) is 41.4 Å². The van der Waals surface area contributed by atoms with E-state index in [1.807, 2.05) is 48.5 Å². The van der Waals surface area contributed by atoms with Crippen molar-refractivity contribution in [1.29, 1.82) is 0 Å². The van der Waals surface area contributed by atoms with E-state index in [-0.39, 0.29) is 5.97 Å². The Morgan fingerprint density at radius 1 is 0.933 bits per heavy atom. The molecule has 1 aromatic heterocycles. The van der Waals surface area contributed by atoms with E-state index >= 15 is 0 Å². The second kappa shape index (κ2) is 8.76. The molecule has 0 spiro atoms. The number of nitrogens with one attached hydrogen (secondary N) is 1. The van der Waals surface area contributed by atoms with E-state index in [1.54, 1.807) is 6.92 Å². The molecule has 0 aliphatic rings. The van der Waals surface area contributed by atoms with Crippen LogP contribution in [-0.4, -0.2) is 17.6 Å². The Balaban J connectivity index is 1.61. The summed E-state index contributed by atoms with van der Waals surface area (Å²) in [6, 6.07) is 28.5. The van der Waals surface area contributed by atoms with Crippen LogP contribution in [-0.2, 0) is 16.0 Å². The molecule has 30 heavy (non-hydrogen) atoms. The summed E-state index contributed by atoms with van der Waals surface area (Å²) < 4.78 is 5.09. The van der Waals surface area contributed by atoms with Crippen LogP contribution in [0.5, 0.6) is 0 Å². The summed E-state index contributed by atoms with van der Waals surface area (Å²) in [7, 11) is 0. The number of alkyl halides is 1. The number of halogens is 1. The third-order valence-corrected chi connectivity index (χ3v) is 6.03. The van der Waals surface area contributed by atoms with Crippen molar-refractivity contribution >= 4 is 28.5 Å². The van der Waals surface area contributed by atoms with Gasteiger partial charge in [-0.2, -0.15) is 0 Å². The first-order chi connectivity index (χ1) is 14.6. The van der Waals surface area contributed by atoms with Crippen molar-refractivity contribution in [2.75, 3.05) is 6.61 Å². The number of carbonyl (C=O) groups excluding carboxylic acids is 1. The molecule has 152 valence electrons. The first-order valence-electron chi connectivity index (χ1n) is 10.2. The maximum absolute atomic E-state index is 12.0. The zero-order valence-corrected chi connectivity index (χ0v) is 17.7. The molecule has 0 bridgehead atoms. The molecule has 4 rings (SSSR count). The Kier molecular flexibility index (Phi) is 5.91. The van der Waals surface area contributed by atoms with Crippen LogP contribution in [0.1, 0.15) is 40.5 Å². The van der Waals surface area contributed by atoms with Crippen molar-refractivity contribution in [3.05, 3.63) is 107 Å². The topological polar surface area (TPSA) is 42.1 Å². The van der Waals surface area contributed by atoms with Crippen molar-refractivity contribution in [2.45, 2.75) is 24.6 Å². The van der Waals surface area contributed by atoms with E-state index in [0.29, 0.717) is 12.3 Å². The van der Waals surface area contributed by atoms with Gasteiger partial charge in [-0.15, -0.1) is 11.6 Å². The van der Waals surface area contributed by atoms with Gasteiger partial charge in [0, 0.05) is 10.9 Å². The molecule has 0 saturated heterocycles. The smallest absolute Gasteiger partial charge is 0.354 e. The summed E-state index contributed by atoms with van der Waals surface area (Å²) >= 11 is 7.27. The van der Waals surface area contributed by atoms with Crippen molar-refractivity contribution in [3.63, 3.8) is 0 Å². The number of fused-ring (bicyclic) bond motifs is 1. The van der Waals surface area contributed by atoms with Crippen molar-refractivity contribution in [2.24, 2.45) is 0 Å². The first-order valence-corrected chi connectivity index (χ1v) is 10.6. The predicted octanol–water partition coefficient (Wildman–Crippen LogP) is 6.46. The monoisotopic (exact) mass is 417 g/mol. The lowest BCUT2D eigenvalue weighted by molar-refractivity contribution is 0.0520. The van der Waals surface area contributed by atoms with Gasteiger partial charge in [0.25, 0.3) is 0 Å². The summed E-state index contributed by atoms with van der Waals surface area (Å²) in [6.07, 6.45) is 1.56. The molecule has 0 atom stereocenters. The van der Waals surface area contributed by atoms with Gasteiger partial charge >= 0.3 is 5.97 Å². The molecule has 3 aromatic carbocycles. The van der Waals surface area contributed by atoms with E-state index in [9.17, 15) is 4.79 Å². The number of esters is 1. The molecule has 0 saturated carbocycles. The van der Waals surface area contributed by atoms with Crippen LogP contribution in [0.3, 0.4) is 0 Å². The highest BCUT2D eigenvalue weighted by Crippen LogP contribution is 2.40. The number of aromatic nitrogens is 1. The first kappa shape index (κ1) is 20.2. The van der Waals surface area contributed by atoms with E-state index in [4.69, 9.17) is 16.3 Å². The number of hydrogen-bond acceptors (Lipinski definition) is 2. The van der Waals surface area contributed by atoms with Gasteiger partial charge in [0.15, 0.2) is 0 Å². The minimum absolute atomic E-state index is 0.330. The fourth-order valence-corrected chi connectivity index (χ4v) is 4.18. The molecule has 0 radical (unpaired) electrons. The number of carbonyl (C=O) groups is 1. The maximum Gasteiger partial charge on any atom is 0.354 e. The number of hydrogen-bond donors (Lipinski definition) is 1. The number of rotatable bonds is 7. The van der Waals surface area contributed by atoms with Gasteiger partial charge in [0.2, 0.25) is 0 Å². The van der Waals surface area contributed by atoms with Crippen LogP contribution < -0.4 is 0 Å². The number of aryl methyl sites for hydroxylation is 1. The van der Waals surface area contributed by atoms with Crippen LogP contribution in [0.2, 0.25) is 0 Å². The lowest BCUT2D eigenvalue weighted by atomic mass is 9.85. The Morgan fingerprint density at radius 3 is 2.17 bits per heavy atom. The van der Waals surface area contributed by atoms with E-state index < -0.39 is 4.87 Å². The Morgan fingerprint density at radius 2 is 1.57 bits per heavy atom. The predicted molar refractivity (Wildman–Crippen MR) is 122 cm³/mol. The fraction of sp³-hybridized carbons (Fsp3) is 0.192. The number of benzene rings is 3. The standard InChI is InChI=1S/C26H24ClNO2/c1-2-30-25(29)24-18-20-17-19(13-14-23(20)28-24)15-16-26(27,21-9-5-3-6-10-21)22-11-7-4-8-12-22/h3-14,17-18,28H,2,15-16H2,1H3. The van der Waals surface area contributed by atoms with Gasteiger partial charge in [0.1, 0.15) is 5.69 Å². The fourth-order valence-electron chi connectivity index (χ4n) is 3.83. The molecule has 4 aromatic rings. The quantitative estimate of drug-likeness (QED) is 0.277. The van der Waals surface area contributed by atoms with Crippen molar-refractivity contribution < 1.29 is 9.53 Å². The normalized spacial score (nSPS) is 11.5. The van der Waals surface area contributed by atoms with Gasteiger partial charge < -0.3 is 9.72 Å². The van der Waals surface area contributed by atoms with Crippen molar-refractivity contribution in [3.8, 4) is 0 Å². The second-order valence-electron chi connectivity index (χ2n) is 7.36. The van der Waals surface area contributed by atoms with Crippen LogP contribution in [0.15, 0.2) is 84.9 Å². The Bertz CT molecular complexity index is 1100. The summed E-state index contributed by atoms with van der Waals surface area (Å²) in [5, 5.41) is 0.996. The Hall–Kier alpha value is -3.04. The van der Waals surface area contributed by atoms with Gasteiger partial charge in [0.05, 0.1) is 11.5 Å². The second-order valence-corrected chi connectivity index (χ2v) is 8.00. The third kappa shape index (κ3) is 4.12. The molecule has 1 N–H and O–H groups in total. The molecule has 4 heteroatoms. The molecular weight excluding hydrogens is 394 g/mol. The molecular formula is C26H24ClNO2. The number of H-pyrrole nitrogens is 1. The molecule has 0 fully saturated rings. The minimum Gasteiger partial charge on any atom is -0.461 e. The molecule has 0 aliphatic heterocycles. The molecule has 0 amide bonds. The summed E-state index contributed by atoms with van der Waals surface area (Å²) in [5.74, 6) is -0.330. The van der Waals surface area contributed by atoms with Crippen LogP contribution in [0, 0.1) is 0 Å². The summed E-state index contributed by atoms with van der Waals surface area (Å²) in [4.78, 5) is 14.5. The highest BCUT2D eigenvalue weighted by atomic mass is 35.5. The van der Waals surface area contributed by atoms with E-state index in [1.165, 1.54) is 5.56 Å². The highest BCUT2D eigenvalue weighted by molar-refractivity contribution is 6.26. The van der Waals surface area contributed by atoms with Gasteiger partial charge in [-0.1, -0.05) is 66.7 Å². The number of ether oxygens (including phenoxy) is 1. The average molecular weight is 418 g/mol. The average Bonchev–Trinajstić information content (AvgIpc) is 3.22. The van der Waals surface area contributed by atoms with Crippen molar-refractivity contribution in [1.82, 2.24) is 4.98 Å². The maximum atomic E-state index is 12.0. The van der Waals surface area contributed by atoms with Crippen LogP contribution in [0.4, 0.5) is 0 Å².